The fourth-order valence-electron chi connectivity index (χ4n) is 3.34. The third-order valence-electron chi connectivity index (χ3n) is 4.51. The van der Waals surface area contributed by atoms with Crippen LogP contribution >= 0.6 is 0 Å². The molecule has 0 fully saturated rings. The molecule has 0 radical (unpaired) electrons. The van der Waals surface area contributed by atoms with Gasteiger partial charge in [0.1, 0.15) is 0 Å². The van der Waals surface area contributed by atoms with Gasteiger partial charge in [0.2, 0.25) is 6.10 Å². The average molecular weight is 452 g/mol. The maximum atomic E-state index is 12.4. The summed E-state index contributed by atoms with van der Waals surface area (Å²) in [6, 6.07) is 20.1. The topological polar surface area (TPSA) is 108 Å². The van der Waals surface area contributed by atoms with Crippen LogP contribution in [0.3, 0.4) is 0 Å². The molecular weight excluding hydrogens is 418 g/mol. The highest BCUT2D eigenvalue weighted by Crippen LogP contribution is 2.38. The van der Waals surface area contributed by atoms with Gasteiger partial charge in [0.15, 0.2) is 5.60 Å². The first-order valence-electron chi connectivity index (χ1n) is 10.6. The van der Waals surface area contributed by atoms with Gasteiger partial charge in [-0.25, -0.2) is 14.8 Å². The summed E-state index contributed by atoms with van der Waals surface area (Å²) in [6.07, 6.45) is -1.41. The summed E-state index contributed by atoms with van der Waals surface area (Å²) in [4.78, 5) is 20.8. The second-order valence-electron chi connectivity index (χ2n) is 8.81. The Balaban J connectivity index is 0.000000696. The zero-order valence-electron chi connectivity index (χ0n) is 20.1. The van der Waals surface area contributed by atoms with Gasteiger partial charge in [-0.3, -0.25) is 0 Å². The molecule has 0 spiro atoms. The molecule has 7 heteroatoms. The lowest BCUT2D eigenvalue weighted by Crippen LogP contribution is -2.50. The smallest absolute Gasteiger partial charge is 0.348 e. The Hall–Kier alpha value is -3.29. The molecule has 3 rings (SSSR count). The molecule has 1 heterocycles. The van der Waals surface area contributed by atoms with Crippen LogP contribution in [0, 0.1) is 13.8 Å². The molecule has 0 aliphatic rings. The van der Waals surface area contributed by atoms with Gasteiger partial charge in [-0.15, -0.1) is 0 Å². The second kappa shape index (κ2) is 11.0. The quantitative estimate of drug-likeness (QED) is 0.553. The van der Waals surface area contributed by atoms with Crippen molar-refractivity contribution in [3.8, 4) is 6.01 Å². The maximum absolute atomic E-state index is 12.4. The minimum Gasteiger partial charge on any atom is -0.478 e. The van der Waals surface area contributed by atoms with E-state index in [0.717, 1.165) is 0 Å². The van der Waals surface area contributed by atoms with Gasteiger partial charge in [0, 0.05) is 24.0 Å². The fraction of sp³-hybridized carbons (Fsp3) is 0.346. The van der Waals surface area contributed by atoms with E-state index >= 15 is 0 Å². The molecular formula is C26H33N3O4. The first-order chi connectivity index (χ1) is 15.5. The van der Waals surface area contributed by atoms with Gasteiger partial charge in [0.05, 0.1) is 0 Å². The van der Waals surface area contributed by atoms with E-state index in [9.17, 15) is 9.90 Å². The van der Waals surface area contributed by atoms with E-state index in [1.807, 2.05) is 81.4 Å². The third kappa shape index (κ3) is 7.10. The summed E-state index contributed by atoms with van der Waals surface area (Å²) in [5, 5.41) is 10.1. The minimum atomic E-state index is -1.41. The van der Waals surface area contributed by atoms with Crippen molar-refractivity contribution in [1.82, 2.24) is 9.97 Å². The number of carboxylic acids is 1. The number of carbonyl (C=O) groups is 1. The molecule has 0 bridgehead atoms. The highest BCUT2D eigenvalue weighted by Gasteiger charge is 2.49. The summed E-state index contributed by atoms with van der Waals surface area (Å²) in [5.74, 6) is -1.18. The van der Waals surface area contributed by atoms with Crippen molar-refractivity contribution in [3.63, 3.8) is 0 Å². The number of aromatic nitrogens is 2. The monoisotopic (exact) mass is 451 g/mol. The number of rotatable bonds is 7. The number of aliphatic carboxylic acids is 1. The van der Waals surface area contributed by atoms with E-state index in [2.05, 4.69) is 9.97 Å². The van der Waals surface area contributed by atoms with Gasteiger partial charge < -0.3 is 20.3 Å². The van der Waals surface area contributed by atoms with Crippen LogP contribution in [0.25, 0.3) is 0 Å². The number of hydrogen-bond acceptors (Lipinski definition) is 6. The number of carboxylic acid groups (broad SMARTS) is 1. The van der Waals surface area contributed by atoms with Crippen molar-refractivity contribution in [3.05, 3.63) is 89.2 Å². The predicted octanol–water partition coefficient (Wildman–Crippen LogP) is 4.26. The normalized spacial score (nSPS) is 12.3. The average Bonchev–Trinajstić information content (AvgIpc) is 2.73. The van der Waals surface area contributed by atoms with Gasteiger partial charge in [-0.2, -0.15) is 0 Å². The standard InChI is InChI=1S/C22H22N2O4.C4H11N/c1-15-14-16(2)24-21(23-15)28-19(20(25)26)22(27-3,17-10-6-4-7-11-17)18-12-8-5-9-13-18;1-4(2,3)5/h4-14,19H,1-3H3,(H,25,26);5H2,1-3H3/t19-;/m1./s1. The SMILES string of the molecule is CC(C)(C)N.COC(c1ccccc1)(c1ccccc1)[C@H](Oc1nc(C)cc(C)n1)C(=O)O. The largest absolute Gasteiger partial charge is 0.478 e. The van der Waals surface area contributed by atoms with Crippen LogP contribution in [0.2, 0.25) is 0 Å². The lowest BCUT2D eigenvalue weighted by Gasteiger charge is -2.37. The van der Waals surface area contributed by atoms with E-state index in [0.29, 0.717) is 22.5 Å². The van der Waals surface area contributed by atoms with Crippen LogP contribution in [0.5, 0.6) is 6.01 Å². The minimum absolute atomic E-state index is 0. The van der Waals surface area contributed by atoms with Gasteiger partial charge in [0.25, 0.3) is 0 Å². The van der Waals surface area contributed by atoms with E-state index in [-0.39, 0.29) is 11.5 Å². The highest BCUT2D eigenvalue weighted by molar-refractivity contribution is 5.76. The van der Waals surface area contributed by atoms with Crippen LogP contribution in [0.1, 0.15) is 43.3 Å². The number of nitrogens with two attached hydrogens (primary N) is 1. The second-order valence-corrected chi connectivity index (χ2v) is 8.81. The Kier molecular flexibility index (Phi) is 8.68. The molecule has 0 saturated heterocycles. The molecule has 0 aliphatic carbocycles. The van der Waals surface area contributed by atoms with Crippen LogP contribution < -0.4 is 10.5 Å². The van der Waals surface area contributed by atoms with Crippen molar-refractivity contribution >= 4 is 5.97 Å². The summed E-state index contributed by atoms with van der Waals surface area (Å²) >= 11 is 0. The summed E-state index contributed by atoms with van der Waals surface area (Å²) in [7, 11) is 1.47. The van der Waals surface area contributed by atoms with Crippen molar-refractivity contribution < 1.29 is 19.4 Å². The molecule has 0 aliphatic heterocycles. The molecule has 7 nitrogen and oxygen atoms in total. The Morgan fingerprint density at radius 1 is 0.909 bits per heavy atom. The van der Waals surface area contributed by atoms with Crippen molar-refractivity contribution in [2.75, 3.05) is 7.11 Å². The first-order valence-corrected chi connectivity index (χ1v) is 10.6. The van der Waals surface area contributed by atoms with Crippen LogP contribution in [-0.4, -0.2) is 39.8 Å². The number of aryl methyl sites for hydroxylation is 2. The summed E-state index contributed by atoms with van der Waals surface area (Å²) < 4.78 is 11.8. The Bertz CT molecular complexity index is 969. The molecule has 1 aromatic heterocycles. The number of methoxy groups -OCH3 is 1. The zero-order valence-corrected chi connectivity index (χ0v) is 20.1. The molecule has 3 N–H and O–H groups in total. The number of hydrogen-bond donors (Lipinski definition) is 2. The van der Waals surface area contributed by atoms with E-state index in [1.165, 1.54) is 7.11 Å². The Labute approximate surface area is 195 Å². The van der Waals surface area contributed by atoms with E-state index in [4.69, 9.17) is 15.2 Å². The van der Waals surface area contributed by atoms with Crippen molar-refractivity contribution in [2.45, 2.75) is 51.9 Å². The van der Waals surface area contributed by atoms with E-state index < -0.39 is 17.7 Å². The summed E-state index contributed by atoms with van der Waals surface area (Å²) in [5.41, 5.74) is 6.65. The highest BCUT2D eigenvalue weighted by atomic mass is 16.6. The molecule has 2 aromatic carbocycles. The number of benzene rings is 2. The Morgan fingerprint density at radius 2 is 1.30 bits per heavy atom. The van der Waals surface area contributed by atoms with E-state index in [1.54, 1.807) is 19.9 Å². The van der Waals surface area contributed by atoms with Crippen molar-refractivity contribution in [1.29, 1.82) is 0 Å². The number of ether oxygens (including phenoxy) is 2. The van der Waals surface area contributed by atoms with Gasteiger partial charge in [-0.05, 0) is 51.8 Å². The predicted molar refractivity (Wildman–Crippen MR) is 128 cm³/mol. The lowest BCUT2D eigenvalue weighted by atomic mass is 9.81. The molecule has 0 unspecified atom stereocenters. The maximum Gasteiger partial charge on any atom is 0.348 e. The van der Waals surface area contributed by atoms with Gasteiger partial charge in [-0.1, -0.05) is 60.7 Å². The molecule has 3 aromatic rings. The van der Waals surface area contributed by atoms with Crippen LogP contribution in [0.4, 0.5) is 0 Å². The van der Waals surface area contributed by atoms with Crippen LogP contribution in [-0.2, 0) is 15.1 Å². The molecule has 0 amide bonds. The van der Waals surface area contributed by atoms with Gasteiger partial charge >= 0.3 is 12.0 Å². The molecule has 0 saturated carbocycles. The number of nitrogens with zero attached hydrogens (tertiary/aromatic N) is 2. The first kappa shape index (κ1) is 26.0. The zero-order chi connectivity index (χ0) is 24.6. The lowest BCUT2D eigenvalue weighted by molar-refractivity contribution is -0.160. The third-order valence-corrected chi connectivity index (χ3v) is 4.51. The molecule has 33 heavy (non-hydrogen) atoms. The summed E-state index contributed by atoms with van der Waals surface area (Å²) in [6.45, 7) is 9.50. The molecule has 1 atom stereocenters. The van der Waals surface area contributed by atoms with Crippen LogP contribution in [0.15, 0.2) is 66.7 Å². The Morgan fingerprint density at radius 3 is 1.64 bits per heavy atom. The fourth-order valence-corrected chi connectivity index (χ4v) is 3.34. The van der Waals surface area contributed by atoms with Crippen molar-refractivity contribution in [2.24, 2.45) is 5.73 Å². The molecule has 176 valence electrons.